The van der Waals surface area contributed by atoms with Crippen molar-refractivity contribution in [2.24, 2.45) is 0 Å². The molecule has 0 amide bonds. The standard InChI is InChI=1S/C11H13N3O/c1-8-4-3-5-10(9(8)2)14-7-12-13-11(14)6-15/h3-5,7,15H,6H2,1-2H3. The Balaban J connectivity index is 2.59. The molecule has 0 saturated carbocycles. The lowest BCUT2D eigenvalue weighted by Gasteiger charge is -2.10. The number of aliphatic hydroxyl groups excluding tert-OH is 1. The largest absolute Gasteiger partial charge is 0.388 e. The number of aryl methyl sites for hydroxylation is 1. The maximum absolute atomic E-state index is 9.11. The molecule has 0 fully saturated rings. The minimum absolute atomic E-state index is 0.104. The number of aliphatic hydroxyl groups is 1. The zero-order valence-corrected chi connectivity index (χ0v) is 8.81. The number of benzene rings is 1. The molecule has 1 N–H and O–H groups in total. The van der Waals surface area contributed by atoms with Crippen molar-refractivity contribution in [3.8, 4) is 5.69 Å². The Kier molecular flexibility index (Phi) is 2.51. The Morgan fingerprint density at radius 1 is 1.33 bits per heavy atom. The molecule has 0 saturated heterocycles. The van der Waals surface area contributed by atoms with Gasteiger partial charge >= 0.3 is 0 Å². The predicted octanol–water partition coefficient (Wildman–Crippen LogP) is 1.38. The van der Waals surface area contributed by atoms with Crippen LogP contribution in [0.25, 0.3) is 5.69 Å². The average molecular weight is 203 g/mol. The number of hydrogen-bond donors (Lipinski definition) is 1. The molecule has 1 heterocycles. The average Bonchev–Trinajstić information content (AvgIpc) is 2.70. The van der Waals surface area contributed by atoms with Gasteiger partial charge in [-0.2, -0.15) is 0 Å². The maximum Gasteiger partial charge on any atom is 0.163 e. The second-order valence-corrected chi connectivity index (χ2v) is 3.49. The second-order valence-electron chi connectivity index (χ2n) is 3.49. The van der Waals surface area contributed by atoms with Crippen LogP contribution in [0.3, 0.4) is 0 Å². The van der Waals surface area contributed by atoms with Gasteiger partial charge in [0.2, 0.25) is 0 Å². The summed E-state index contributed by atoms with van der Waals surface area (Å²) in [6.07, 6.45) is 1.62. The molecule has 0 spiro atoms. The molecule has 0 atom stereocenters. The van der Waals surface area contributed by atoms with E-state index >= 15 is 0 Å². The molecule has 1 aromatic heterocycles. The van der Waals surface area contributed by atoms with E-state index in [1.54, 1.807) is 6.33 Å². The van der Waals surface area contributed by atoms with E-state index in [-0.39, 0.29) is 6.61 Å². The highest BCUT2D eigenvalue weighted by atomic mass is 16.3. The number of nitrogens with zero attached hydrogens (tertiary/aromatic N) is 3. The first-order valence-electron chi connectivity index (χ1n) is 4.80. The van der Waals surface area contributed by atoms with E-state index in [0.717, 1.165) is 5.69 Å². The zero-order valence-electron chi connectivity index (χ0n) is 8.81. The molecule has 4 nitrogen and oxygen atoms in total. The predicted molar refractivity (Wildman–Crippen MR) is 56.8 cm³/mol. The summed E-state index contributed by atoms with van der Waals surface area (Å²) in [5.41, 5.74) is 3.40. The van der Waals surface area contributed by atoms with Gasteiger partial charge in [0, 0.05) is 0 Å². The molecular weight excluding hydrogens is 190 g/mol. The highest BCUT2D eigenvalue weighted by Gasteiger charge is 2.07. The minimum Gasteiger partial charge on any atom is -0.388 e. The molecule has 1 aromatic carbocycles. The van der Waals surface area contributed by atoms with Crippen LogP contribution in [-0.2, 0) is 6.61 Å². The lowest BCUT2D eigenvalue weighted by atomic mass is 10.1. The monoisotopic (exact) mass is 203 g/mol. The molecule has 2 rings (SSSR count). The second kappa shape index (κ2) is 3.82. The lowest BCUT2D eigenvalue weighted by Crippen LogP contribution is -2.02. The van der Waals surface area contributed by atoms with E-state index in [0.29, 0.717) is 5.82 Å². The summed E-state index contributed by atoms with van der Waals surface area (Å²) in [5.74, 6) is 0.559. The Morgan fingerprint density at radius 2 is 2.13 bits per heavy atom. The van der Waals surface area contributed by atoms with Crippen LogP contribution in [0.4, 0.5) is 0 Å². The molecule has 15 heavy (non-hydrogen) atoms. The molecule has 0 aliphatic carbocycles. The normalized spacial score (nSPS) is 10.6. The summed E-state index contributed by atoms with van der Waals surface area (Å²) < 4.78 is 1.81. The van der Waals surface area contributed by atoms with E-state index in [1.807, 2.05) is 23.6 Å². The van der Waals surface area contributed by atoms with Gasteiger partial charge in [-0.15, -0.1) is 10.2 Å². The van der Waals surface area contributed by atoms with Crippen molar-refractivity contribution in [3.05, 3.63) is 41.5 Å². The van der Waals surface area contributed by atoms with Crippen LogP contribution in [0.15, 0.2) is 24.5 Å². The van der Waals surface area contributed by atoms with Crippen LogP contribution < -0.4 is 0 Å². The third kappa shape index (κ3) is 1.64. The molecule has 0 aliphatic rings. The quantitative estimate of drug-likeness (QED) is 0.802. The van der Waals surface area contributed by atoms with Gasteiger partial charge in [-0.1, -0.05) is 12.1 Å². The van der Waals surface area contributed by atoms with Gasteiger partial charge in [0.25, 0.3) is 0 Å². The fourth-order valence-corrected chi connectivity index (χ4v) is 1.56. The number of aromatic nitrogens is 3. The third-order valence-electron chi connectivity index (χ3n) is 2.60. The first-order chi connectivity index (χ1) is 7.24. The Morgan fingerprint density at radius 3 is 2.87 bits per heavy atom. The SMILES string of the molecule is Cc1cccc(-n2cnnc2CO)c1C. The van der Waals surface area contributed by atoms with Crippen LogP contribution >= 0.6 is 0 Å². The van der Waals surface area contributed by atoms with Crippen molar-refractivity contribution in [1.29, 1.82) is 0 Å². The van der Waals surface area contributed by atoms with Crippen LogP contribution in [0, 0.1) is 13.8 Å². The van der Waals surface area contributed by atoms with E-state index in [2.05, 4.69) is 23.2 Å². The molecule has 4 heteroatoms. The molecular formula is C11H13N3O. The zero-order chi connectivity index (χ0) is 10.8. The van der Waals surface area contributed by atoms with Crippen LogP contribution in [0.1, 0.15) is 17.0 Å². The highest BCUT2D eigenvalue weighted by molar-refractivity contribution is 5.45. The summed E-state index contributed by atoms with van der Waals surface area (Å²) in [6, 6.07) is 6.03. The summed E-state index contributed by atoms with van der Waals surface area (Å²) in [7, 11) is 0. The first-order valence-corrected chi connectivity index (χ1v) is 4.80. The fourth-order valence-electron chi connectivity index (χ4n) is 1.56. The van der Waals surface area contributed by atoms with E-state index in [1.165, 1.54) is 11.1 Å². The van der Waals surface area contributed by atoms with Crippen molar-refractivity contribution in [2.45, 2.75) is 20.5 Å². The minimum atomic E-state index is -0.104. The Bertz CT molecular complexity index is 476. The fraction of sp³-hybridized carbons (Fsp3) is 0.273. The molecule has 0 aliphatic heterocycles. The van der Waals surface area contributed by atoms with Gasteiger partial charge in [-0.05, 0) is 31.0 Å². The summed E-state index contributed by atoms with van der Waals surface area (Å²) in [6.45, 7) is 4.00. The summed E-state index contributed by atoms with van der Waals surface area (Å²) in [5, 5.41) is 16.7. The molecule has 0 bridgehead atoms. The summed E-state index contributed by atoms with van der Waals surface area (Å²) in [4.78, 5) is 0. The first kappa shape index (κ1) is 9.86. The summed E-state index contributed by atoms with van der Waals surface area (Å²) >= 11 is 0. The van der Waals surface area contributed by atoms with Crippen LogP contribution in [0.2, 0.25) is 0 Å². The van der Waals surface area contributed by atoms with E-state index in [4.69, 9.17) is 5.11 Å². The third-order valence-corrected chi connectivity index (χ3v) is 2.60. The molecule has 0 radical (unpaired) electrons. The van der Waals surface area contributed by atoms with Gasteiger partial charge in [0.1, 0.15) is 12.9 Å². The number of rotatable bonds is 2. The van der Waals surface area contributed by atoms with Crippen molar-refractivity contribution in [2.75, 3.05) is 0 Å². The van der Waals surface area contributed by atoms with Gasteiger partial charge in [0.15, 0.2) is 5.82 Å². The van der Waals surface area contributed by atoms with Gasteiger partial charge in [-0.25, -0.2) is 0 Å². The van der Waals surface area contributed by atoms with Crippen LogP contribution in [0.5, 0.6) is 0 Å². The molecule has 78 valence electrons. The lowest BCUT2D eigenvalue weighted by molar-refractivity contribution is 0.269. The van der Waals surface area contributed by atoms with Gasteiger partial charge in [-0.3, -0.25) is 4.57 Å². The highest BCUT2D eigenvalue weighted by Crippen LogP contribution is 2.18. The Labute approximate surface area is 88.2 Å². The van der Waals surface area contributed by atoms with Gasteiger partial charge < -0.3 is 5.11 Å². The number of hydrogen-bond acceptors (Lipinski definition) is 3. The van der Waals surface area contributed by atoms with Crippen molar-refractivity contribution < 1.29 is 5.11 Å². The molecule has 0 unspecified atom stereocenters. The maximum atomic E-state index is 9.11. The topological polar surface area (TPSA) is 50.9 Å². The van der Waals surface area contributed by atoms with Crippen molar-refractivity contribution in [3.63, 3.8) is 0 Å². The van der Waals surface area contributed by atoms with E-state index in [9.17, 15) is 0 Å². The van der Waals surface area contributed by atoms with Crippen molar-refractivity contribution in [1.82, 2.24) is 14.8 Å². The van der Waals surface area contributed by atoms with E-state index < -0.39 is 0 Å². The van der Waals surface area contributed by atoms with Crippen molar-refractivity contribution >= 4 is 0 Å². The molecule has 2 aromatic rings. The van der Waals surface area contributed by atoms with Crippen LogP contribution in [-0.4, -0.2) is 19.9 Å². The Hall–Kier alpha value is -1.68. The van der Waals surface area contributed by atoms with Gasteiger partial charge in [0.05, 0.1) is 5.69 Å². The smallest absolute Gasteiger partial charge is 0.163 e.